The molecule has 1 unspecified atom stereocenters. The Bertz CT molecular complexity index is 1070. The lowest BCUT2D eigenvalue weighted by Gasteiger charge is -2.10. The Balaban J connectivity index is 0.00000240. The van der Waals surface area contributed by atoms with Crippen LogP contribution in [0, 0.1) is 17.2 Å². The summed E-state index contributed by atoms with van der Waals surface area (Å²) in [6, 6.07) is 24.3. The van der Waals surface area contributed by atoms with Crippen LogP contribution in [0.1, 0.15) is 39.0 Å². The van der Waals surface area contributed by atoms with Crippen LogP contribution in [0.15, 0.2) is 66.7 Å². The van der Waals surface area contributed by atoms with E-state index in [1.807, 2.05) is 30.3 Å². The SMILES string of the molecule is Cl.N#Cc1ccc2c(c1)CC(CCc1ccc(-c3cccc(C(N)=O)c3)cc1)C2. The number of nitrogens with zero attached hydrogens (tertiary/aromatic N) is 1. The molecule has 0 radical (unpaired) electrons. The number of hydrogen-bond donors (Lipinski definition) is 1. The van der Waals surface area contributed by atoms with Crippen molar-refractivity contribution >= 4 is 18.3 Å². The zero-order valence-electron chi connectivity index (χ0n) is 16.1. The summed E-state index contributed by atoms with van der Waals surface area (Å²) in [6.07, 6.45) is 4.38. The summed E-state index contributed by atoms with van der Waals surface area (Å²) >= 11 is 0. The summed E-state index contributed by atoms with van der Waals surface area (Å²) in [5, 5.41) is 9.06. The maximum absolute atomic E-state index is 11.4. The Morgan fingerprint density at radius 3 is 2.45 bits per heavy atom. The van der Waals surface area contributed by atoms with Gasteiger partial charge in [-0.3, -0.25) is 4.79 Å². The van der Waals surface area contributed by atoms with Gasteiger partial charge in [-0.2, -0.15) is 5.26 Å². The van der Waals surface area contributed by atoms with E-state index in [9.17, 15) is 4.79 Å². The second-order valence-corrected chi connectivity index (χ2v) is 7.55. The molecule has 29 heavy (non-hydrogen) atoms. The molecule has 1 amide bonds. The largest absolute Gasteiger partial charge is 0.366 e. The maximum atomic E-state index is 11.4. The molecule has 0 fully saturated rings. The van der Waals surface area contributed by atoms with Gasteiger partial charge in [0, 0.05) is 5.56 Å². The van der Waals surface area contributed by atoms with E-state index in [1.54, 1.807) is 6.07 Å². The van der Waals surface area contributed by atoms with Crippen LogP contribution >= 0.6 is 12.4 Å². The third kappa shape index (κ3) is 4.67. The molecule has 1 atom stereocenters. The second-order valence-electron chi connectivity index (χ2n) is 7.55. The van der Waals surface area contributed by atoms with Crippen molar-refractivity contribution in [2.24, 2.45) is 11.7 Å². The topological polar surface area (TPSA) is 66.9 Å². The number of amides is 1. The predicted octanol–water partition coefficient (Wildman–Crippen LogP) is 5.09. The van der Waals surface area contributed by atoms with Crippen LogP contribution in [-0.4, -0.2) is 5.91 Å². The standard InChI is InChI=1S/C25H22N2O.ClH/c26-16-19-8-11-22-12-18(13-24(22)14-19)5-4-17-6-9-20(10-7-17)21-2-1-3-23(15-21)25(27)28;/h1-3,6-11,14-15,18H,4-5,12-13H2,(H2,27,28);1H. The van der Waals surface area contributed by atoms with Gasteiger partial charge < -0.3 is 5.73 Å². The molecule has 146 valence electrons. The minimum atomic E-state index is -0.405. The average molecular weight is 403 g/mol. The lowest BCUT2D eigenvalue weighted by atomic mass is 9.95. The molecular weight excluding hydrogens is 380 g/mol. The molecular formula is C25H23ClN2O. The molecule has 0 aromatic heterocycles. The third-order valence-corrected chi connectivity index (χ3v) is 5.63. The van der Waals surface area contributed by atoms with Gasteiger partial charge >= 0.3 is 0 Å². The Hall–Kier alpha value is -3.09. The number of nitrogens with two attached hydrogens (primary N) is 1. The van der Waals surface area contributed by atoms with E-state index in [2.05, 4.69) is 36.4 Å². The lowest BCUT2D eigenvalue weighted by molar-refractivity contribution is 0.100. The fourth-order valence-electron chi connectivity index (χ4n) is 4.07. The molecule has 3 nitrogen and oxygen atoms in total. The molecule has 0 spiro atoms. The summed E-state index contributed by atoms with van der Waals surface area (Å²) in [7, 11) is 0. The Morgan fingerprint density at radius 1 is 0.966 bits per heavy atom. The number of aryl methyl sites for hydroxylation is 1. The zero-order valence-corrected chi connectivity index (χ0v) is 16.9. The second kappa shape index (κ2) is 8.94. The van der Waals surface area contributed by atoms with E-state index in [1.165, 1.54) is 16.7 Å². The van der Waals surface area contributed by atoms with Gasteiger partial charge in [-0.1, -0.05) is 42.5 Å². The van der Waals surface area contributed by atoms with E-state index in [0.29, 0.717) is 11.5 Å². The van der Waals surface area contributed by atoms with Crippen LogP contribution < -0.4 is 5.73 Å². The van der Waals surface area contributed by atoms with Crippen LogP contribution in [0.5, 0.6) is 0 Å². The van der Waals surface area contributed by atoms with Crippen molar-refractivity contribution < 1.29 is 4.79 Å². The maximum Gasteiger partial charge on any atom is 0.248 e. The van der Waals surface area contributed by atoms with Crippen molar-refractivity contribution in [2.45, 2.75) is 25.7 Å². The van der Waals surface area contributed by atoms with Crippen molar-refractivity contribution in [2.75, 3.05) is 0 Å². The molecule has 0 heterocycles. The minimum Gasteiger partial charge on any atom is -0.366 e. The van der Waals surface area contributed by atoms with Crippen molar-refractivity contribution in [1.82, 2.24) is 0 Å². The number of carbonyl (C=O) groups excluding carboxylic acids is 1. The van der Waals surface area contributed by atoms with Crippen molar-refractivity contribution in [3.8, 4) is 17.2 Å². The number of fused-ring (bicyclic) bond motifs is 1. The number of benzene rings is 3. The van der Waals surface area contributed by atoms with Gasteiger partial charge in [0.2, 0.25) is 5.91 Å². The zero-order chi connectivity index (χ0) is 19.5. The molecule has 3 aromatic carbocycles. The highest BCUT2D eigenvalue weighted by atomic mass is 35.5. The first kappa shape index (κ1) is 20.6. The third-order valence-electron chi connectivity index (χ3n) is 5.63. The summed E-state index contributed by atoms with van der Waals surface area (Å²) in [5.41, 5.74) is 12.8. The van der Waals surface area contributed by atoms with E-state index >= 15 is 0 Å². The molecule has 0 saturated carbocycles. The van der Waals surface area contributed by atoms with Crippen molar-refractivity contribution in [3.63, 3.8) is 0 Å². The highest BCUT2D eigenvalue weighted by Gasteiger charge is 2.21. The molecule has 1 aliphatic carbocycles. The number of primary amides is 1. The van der Waals surface area contributed by atoms with Gasteiger partial charge in [-0.25, -0.2) is 0 Å². The summed E-state index contributed by atoms with van der Waals surface area (Å²) in [6.45, 7) is 0. The fraction of sp³-hybridized carbons (Fsp3) is 0.200. The van der Waals surface area contributed by atoms with Crippen molar-refractivity contribution in [1.29, 1.82) is 5.26 Å². The smallest absolute Gasteiger partial charge is 0.248 e. The van der Waals surface area contributed by atoms with Gasteiger partial charge in [0.05, 0.1) is 11.6 Å². The average Bonchev–Trinajstić information content (AvgIpc) is 3.14. The molecule has 0 aliphatic heterocycles. The highest BCUT2D eigenvalue weighted by Crippen LogP contribution is 2.30. The molecule has 4 rings (SSSR count). The Morgan fingerprint density at radius 2 is 1.72 bits per heavy atom. The highest BCUT2D eigenvalue weighted by molar-refractivity contribution is 5.94. The normalized spacial score (nSPS) is 14.5. The molecule has 0 saturated heterocycles. The van der Waals surface area contributed by atoms with Crippen molar-refractivity contribution in [3.05, 3.63) is 94.5 Å². The number of carbonyl (C=O) groups is 1. The number of rotatable bonds is 5. The van der Waals surface area contributed by atoms with E-state index in [4.69, 9.17) is 11.0 Å². The number of nitriles is 1. The Labute approximate surface area is 177 Å². The molecule has 0 bridgehead atoms. The molecule has 2 N–H and O–H groups in total. The molecule has 1 aliphatic rings. The van der Waals surface area contributed by atoms with Crippen LogP contribution in [0.25, 0.3) is 11.1 Å². The van der Waals surface area contributed by atoms with Crippen LogP contribution in [-0.2, 0) is 19.3 Å². The van der Waals surface area contributed by atoms with Gasteiger partial charge in [0.25, 0.3) is 0 Å². The first-order valence-electron chi connectivity index (χ1n) is 9.63. The van der Waals surface area contributed by atoms with E-state index in [-0.39, 0.29) is 12.4 Å². The predicted molar refractivity (Wildman–Crippen MR) is 118 cm³/mol. The summed E-state index contributed by atoms with van der Waals surface area (Å²) in [4.78, 5) is 11.4. The quantitative estimate of drug-likeness (QED) is 0.645. The summed E-state index contributed by atoms with van der Waals surface area (Å²) in [5.74, 6) is 0.244. The fourth-order valence-corrected chi connectivity index (χ4v) is 4.07. The molecule has 3 aromatic rings. The van der Waals surface area contributed by atoms with E-state index < -0.39 is 5.91 Å². The van der Waals surface area contributed by atoms with E-state index in [0.717, 1.165) is 42.4 Å². The summed E-state index contributed by atoms with van der Waals surface area (Å²) < 4.78 is 0. The number of hydrogen-bond acceptors (Lipinski definition) is 2. The lowest BCUT2D eigenvalue weighted by Crippen LogP contribution is -2.10. The van der Waals surface area contributed by atoms with Crippen LogP contribution in [0.2, 0.25) is 0 Å². The first-order valence-corrected chi connectivity index (χ1v) is 9.63. The Kier molecular flexibility index (Phi) is 6.36. The monoisotopic (exact) mass is 402 g/mol. The van der Waals surface area contributed by atoms with Crippen LogP contribution in [0.3, 0.4) is 0 Å². The van der Waals surface area contributed by atoms with Gasteiger partial charge in [-0.05, 0) is 83.7 Å². The minimum absolute atomic E-state index is 0. The van der Waals surface area contributed by atoms with Gasteiger partial charge in [0.1, 0.15) is 0 Å². The van der Waals surface area contributed by atoms with Crippen LogP contribution in [0.4, 0.5) is 0 Å². The first-order chi connectivity index (χ1) is 13.6. The van der Waals surface area contributed by atoms with Gasteiger partial charge in [-0.15, -0.1) is 12.4 Å². The van der Waals surface area contributed by atoms with Gasteiger partial charge in [0.15, 0.2) is 0 Å². The number of halogens is 1. The molecule has 4 heteroatoms.